The van der Waals surface area contributed by atoms with E-state index in [1.165, 1.54) is 38.5 Å². The first-order valence-electron chi connectivity index (χ1n) is 8.30. The first-order valence-corrected chi connectivity index (χ1v) is 8.30. The van der Waals surface area contributed by atoms with Crippen LogP contribution in [0.15, 0.2) is 42.1 Å². The molecule has 122 valence electrons. The van der Waals surface area contributed by atoms with Crippen molar-refractivity contribution in [3.8, 4) is 5.75 Å². The third kappa shape index (κ3) is 7.87. The summed E-state index contributed by atoms with van der Waals surface area (Å²) in [5, 5.41) is 11.9. The summed E-state index contributed by atoms with van der Waals surface area (Å²) in [5.41, 5.74) is 1.52. The van der Waals surface area contributed by atoms with Gasteiger partial charge in [-0.25, -0.2) is 0 Å². The van der Waals surface area contributed by atoms with Crippen molar-refractivity contribution >= 4 is 5.71 Å². The number of allylic oxidation sites excluding steroid dienone is 1. The van der Waals surface area contributed by atoms with E-state index in [0.29, 0.717) is 5.71 Å². The highest BCUT2D eigenvalue weighted by Gasteiger charge is 1.99. The summed E-state index contributed by atoms with van der Waals surface area (Å²) in [6.45, 7) is 6.28. The first-order chi connectivity index (χ1) is 10.8. The summed E-state index contributed by atoms with van der Waals surface area (Å²) < 4.78 is 5.72. The molecule has 0 saturated carbocycles. The SMILES string of the molecule is C=CCCCCCCCCCOc1ccc(C(C)=NO)cc1. The van der Waals surface area contributed by atoms with E-state index in [4.69, 9.17) is 9.94 Å². The maximum absolute atomic E-state index is 8.71. The average molecular weight is 303 g/mol. The summed E-state index contributed by atoms with van der Waals surface area (Å²) >= 11 is 0. The minimum atomic E-state index is 0.611. The number of hydrogen-bond donors (Lipinski definition) is 1. The number of unbranched alkanes of at least 4 members (excludes halogenated alkanes) is 7. The molecule has 3 heteroatoms. The fourth-order valence-electron chi connectivity index (χ4n) is 2.31. The number of nitrogens with zero attached hydrogens (tertiary/aromatic N) is 1. The van der Waals surface area contributed by atoms with Crippen LogP contribution < -0.4 is 4.74 Å². The summed E-state index contributed by atoms with van der Waals surface area (Å²) in [5.74, 6) is 0.874. The minimum Gasteiger partial charge on any atom is -0.494 e. The molecule has 0 aliphatic carbocycles. The van der Waals surface area contributed by atoms with Crippen LogP contribution in [0.1, 0.15) is 63.9 Å². The van der Waals surface area contributed by atoms with Crippen LogP contribution in [0.2, 0.25) is 0 Å². The lowest BCUT2D eigenvalue weighted by Crippen LogP contribution is -1.98. The van der Waals surface area contributed by atoms with Crippen LogP contribution in [-0.4, -0.2) is 17.5 Å². The molecule has 0 heterocycles. The van der Waals surface area contributed by atoms with Gasteiger partial charge >= 0.3 is 0 Å². The van der Waals surface area contributed by atoms with Crippen LogP contribution in [0.4, 0.5) is 0 Å². The highest BCUT2D eigenvalue weighted by atomic mass is 16.5. The first kappa shape index (κ1) is 18.3. The molecule has 0 aromatic heterocycles. The Bertz CT molecular complexity index is 437. The van der Waals surface area contributed by atoms with E-state index >= 15 is 0 Å². The monoisotopic (exact) mass is 303 g/mol. The van der Waals surface area contributed by atoms with Crippen molar-refractivity contribution < 1.29 is 9.94 Å². The molecule has 0 radical (unpaired) electrons. The third-order valence-electron chi connectivity index (χ3n) is 3.74. The molecule has 1 N–H and O–H groups in total. The van der Waals surface area contributed by atoms with E-state index in [2.05, 4.69) is 11.7 Å². The molecule has 0 amide bonds. The topological polar surface area (TPSA) is 41.8 Å². The Hall–Kier alpha value is -1.77. The van der Waals surface area contributed by atoms with Crippen LogP contribution in [0.25, 0.3) is 0 Å². The number of rotatable bonds is 12. The van der Waals surface area contributed by atoms with Crippen molar-refractivity contribution in [3.63, 3.8) is 0 Å². The van der Waals surface area contributed by atoms with Crippen LogP contribution in [-0.2, 0) is 0 Å². The summed E-state index contributed by atoms with van der Waals surface area (Å²) in [4.78, 5) is 0. The van der Waals surface area contributed by atoms with Gasteiger partial charge in [0.25, 0.3) is 0 Å². The largest absolute Gasteiger partial charge is 0.494 e. The van der Waals surface area contributed by atoms with Gasteiger partial charge in [-0.1, -0.05) is 43.3 Å². The third-order valence-corrected chi connectivity index (χ3v) is 3.74. The maximum Gasteiger partial charge on any atom is 0.119 e. The normalized spacial score (nSPS) is 11.4. The van der Waals surface area contributed by atoms with Crippen molar-refractivity contribution in [3.05, 3.63) is 42.5 Å². The molecule has 0 bridgehead atoms. The van der Waals surface area contributed by atoms with Gasteiger partial charge in [-0.15, -0.1) is 6.58 Å². The summed E-state index contributed by atoms with van der Waals surface area (Å²) in [7, 11) is 0. The Balaban J connectivity index is 2.04. The number of ether oxygens (including phenoxy) is 1. The molecule has 22 heavy (non-hydrogen) atoms. The molecule has 3 nitrogen and oxygen atoms in total. The van der Waals surface area contributed by atoms with Gasteiger partial charge in [0, 0.05) is 0 Å². The minimum absolute atomic E-state index is 0.611. The van der Waals surface area contributed by atoms with Crippen molar-refractivity contribution in [2.24, 2.45) is 5.16 Å². The van der Waals surface area contributed by atoms with Crippen molar-refractivity contribution in [2.45, 2.75) is 58.3 Å². The molecule has 1 aromatic rings. The number of benzene rings is 1. The average Bonchev–Trinajstić information content (AvgIpc) is 2.56. The summed E-state index contributed by atoms with van der Waals surface area (Å²) in [6.07, 6.45) is 12.0. The Kier molecular flexibility index (Phi) is 9.84. The van der Waals surface area contributed by atoms with Crippen molar-refractivity contribution in [2.75, 3.05) is 6.61 Å². The van der Waals surface area contributed by atoms with Gasteiger partial charge < -0.3 is 9.94 Å². The second-order valence-electron chi connectivity index (χ2n) is 5.61. The zero-order chi connectivity index (χ0) is 16.0. The van der Waals surface area contributed by atoms with Gasteiger partial charge in [-0.2, -0.15) is 0 Å². The van der Waals surface area contributed by atoms with Gasteiger partial charge in [0.2, 0.25) is 0 Å². The Morgan fingerprint density at radius 1 is 1.05 bits per heavy atom. The molecule has 0 unspecified atom stereocenters. The molecular weight excluding hydrogens is 274 g/mol. The molecule has 0 aliphatic heterocycles. The van der Waals surface area contributed by atoms with Gasteiger partial charge in [0.05, 0.1) is 12.3 Å². The van der Waals surface area contributed by atoms with E-state index < -0.39 is 0 Å². The lowest BCUT2D eigenvalue weighted by molar-refractivity contribution is 0.304. The van der Waals surface area contributed by atoms with E-state index in [1.54, 1.807) is 6.92 Å². The van der Waals surface area contributed by atoms with E-state index in [9.17, 15) is 0 Å². The predicted molar refractivity (Wildman–Crippen MR) is 93.1 cm³/mol. The predicted octanol–water partition coefficient (Wildman–Crippen LogP) is 5.57. The van der Waals surface area contributed by atoms with Gasteiger partial charge in [0.15, 0.2) is 0 Å². The zero-order valence-corrected chi connectivity index (χ0v) is 13.8. The standard InChI is InChI=1S/C19H29NO2/c1-3-4-5-6-7-8-9-10-11-16-22-19-14-12-18(13-15-19)17(2)20-21/h3,12-15,21H,1,4-11,16H2,2H3. The van der Waals surface area contributed by atoms with Crippen LogP contribution in [0.5, 0.6) is 5.75 Å². The van der Waals surface area contributed by atoms with Gasteiger partial charge in [-0.3, -0.25) is 0 Å². The van der Waals surface area contributed by atoms with E-state index in [0.717, 1.165) is 30.8 Å². The van der Waals surface area contributed by atoms with Crippen LogP contribution in [0, 0.1) is 0 Å². The highest BCUT2D eigenvalue weighted by Crippen LogP contribution is 2.14. The second kappa shape index (κ2) is 11.8. The van der Waals surface area contributed by atoms with Crippen molar-refractivity contribution in [1.29, 1.82) is 0 Å². The second-order valence-corrected chi connectivity index (χ2v) is 5.61. The molecule has 0 spiro atoms. The highest BCUT2D eigenvalue weighted by molar-refractivity contribution is 5.98. The fraction of sp³-hybridized carbons (Fsp3) is 0.526. The van der Waals surface area contributed by atoms with E-state index in [1.807, 2.05) is 30.3 Å². The molecule has 0 aliphatic rings. The molecule has 0 fully saturated rings. The molecule has 1 rings (SSSR count). The number of oxime groups is 1. The Labute approximate surface area is 134 Å². The Morgan fingerprint density at radius 3 is 2.23 bits per heavy atom. The van der Waals surface area contributed by atoms with Crippen molar-refractivity contribution in [1.82, 2.24) is 0 Å². The zero-order valence-electron chi connectivity index (χ0n) is 13.8. The quantitative estimate of drug-likeness (QED) is 0.180. The maximum atomic E-state index is 8.71. The smallest absolute Gasteiger partial charge is 0.119 e. The fourth-order valence-corrected chi connectivity index (χ4v) is 2.31. The van der Waals surface area contributed by atoms with Gasteiger partial charge in [-0.05, 0) is 56.0 Å². The molecule has 0 saturated heterocycles. The lowest BCUT2D eigenvalue weighted by atomic mass is 10.1. The molecule has 1 aromatic carbocycles. The van der Waals surface area contributed by atoms with Crippen LogP contribution in [0.3, 0.4) is 0 Å². The molecular formula is C19H29NO2. The molecule has 0 atom stereocenters. The van der Waals surface area contributed by atoms with E-state index in [-0.39, 0.29) is 0 Å². The van der Waals surface area contributed by atoms with Crippen LogP contribution >= 0.6 is 0 Å². The van der Waals surface area contributed by atoms with Gasteiger partial charge in [0.1, 0.15) is 5.75 Å². The number of hydrogen-bond acceptors (Lipinski definition) is 3. The Morgan fingerprint density at radius 2 is 1.64 bits per heavy atom. The lowest BCUT2D eigenvalue weighted by Gasteiger charge is -2.07. The summed E-state index contributed by atoms with van der Waals surface area (Å²) in [6, 6.07) is 7.66.